The maximum absolute atomic E-state index is 11.3. The summed E-state index contributed by atoms with van der Waals surface area (Å²) >= 11 is 0. The molecule has 0 spiro atoms. The summed E-state index contributed by atoms with van der Waals surface area (Å²) in [6.07, 6.45) is 1.72. The quantitative estimate of drug-likeness (QED) is 0.658. The summed E-state index contributed by atoms with van der Waals surface area (Å²) in [7, 11) is 1.32. The van der Waals surface area contributed by atoms with Crippen molar-refractivity contribution in [2.45, 2.75) is 0 Å². The molecule has 4 nitrogen and oxygen atoms in total. The molecule has 0 aliphatic heterocycles. The predicted octanol–water partition coefficient (Wildman–Crippen LogP) is 3.28. The number of hydrogen-bond acceptors (Lipinski definition) is 4. The number of furan rings is 1. The first kappa shape index (κ1) is 11.5. The Bertz CT molecular complexity index is 746. The molecule has 2 heterocycles. The van der Waals surface area contributed by atoms with Crippen LogP contribution in [-0.4, -0.2) is 18.1 Å². The molecule has 0 bridgehead atoms. The molecule has 0 amide bonds. The molecule has 0 fully saturated rings. The van der Waals surface area contributed by atoms with E-state index in [0.29, 0.717) is 5.76 Å². The van der Waals surface area contributed by atoms with Gasteiger partial charge in [0.05, 0.1) is 12.6 Å². The Hall–Kier alpha value is -2.62. The molecular weight excluding hydrogens is 242 g/mol. The molecule has 0 unspecified atom stereocenters. The molecule has 0 atom stereocenters. The predicted molar refractivity (Wildman–Crippen MR) is 70.8 cm³/mol. The second-order valence-electron chi connectivity index (χ2n) is 4.07. The highest BCUT2D eigenvalue weighted by Crippen LogP contribution is 2.24. The Labute approximate surface area is 109 Å². The van der Waals surface area contributed by atoms with Gasteiger partial charge in [0.15, 0.2) is 0 Å². The number of para-hydroxylation sites is 1. The molecule has 0 aliphatic carbocycles. The van der Waals surface area contributed by atoms with Gasteiger partial charge in [-0.3, -0.25) is 4.98 Å². The van der Waals surface area contributed by atoms with E-state index in [1.807, 2.05) is 30.3 Å². The van der Waals surface area contributed by atoms with Crippen molar-refractivity contribution in [1.29, 1.82) is 0 Å². The van der Waals surface area contributed by atoms with Gasteiger partial charge >= 0.3 is 5.97 Å². The Kier molecular flexibility index (Phi) is 2.76. The smallest absolute Gasteiger partial charge is 0.373 e. The summed E-state index contributed by atoms with van der Waals surface area (Å²) in [5, 5.41) is 1.02. The molecule has 2 aromatic heterocycles. The number of hydrogen-bond donors (Lipinski definition) is 0. The number of rotatable bonds is 2. The Morgan fingerprint density at radius 2 is 2.05 bits per heavy atom. The van der Waals surface area contributed by atoms with Gasteiger partial charge < -0.3 is 9.15 Å². The van der Waals surface area contributed by atoms with Gasteiger partial charge in [-0.15, -0.1) is 0 Å². The van der Waals surface area contributed by atoms with Gasteiger partial charge in [-0.2, -0.15) is 0 Å². The standard InChI is InChI=1S/C15H11NO3/c1-18-15(17)14-7-6-13(19-14)11-8-10-4-2-3-5-12(10)16-9-11/h2-9H,1H3. The number of nitrogens with zero attached hydrogens (tertiary/aromatic N) is 1. The largest absolute Gasteiger partial charge is 0.463 e. The molecule has 1 aromatic carbocycles. The number of ether oxygens (including phenoxy) is 1. The van der Waals surface area contributed by atoms with E-state index in [4.69, 9.17) is 4.42 Å². The number of esters is 1. The third kappa shape index (κ3) is 2.08. The zero-order valence-corrected chi connectivity index (χ0v) is 10.3. The van der Waals surface area contributed by atoms with Gasteiger partial charge in [-0.25, -0.2) is 4.79 Å². The SMILES string of the molecule is COC(=O)c1ccc(-c2cnc3ccccc3c2)o1. The maximum Gasteiger partial charge on any atom is 0.373 e. The normalized spacial score (nSPS) is 10.6. The molecular formula is C15H11NO3. The lowest BCUT2D eigenvalue weighted by Crippen LogP contribution is -1.98. The van der Waals surface area contributed by atoms with E-state index in [1.165, 1.54) is 7.11 Å². The van der Waals surface area contributed by atoms with E-state index in [-0.39, 0.29) is 5.76 Å². The zero-order chi connectivity index (χ0) is 13.2. The zero-order valence-electron chi connectivity index (χ0n) is 10.3. The van der Waals surface area contributed by atoms with Gasteiger partial charge in [-0.1, -0.05) is 18.2 Å². The highest BCUT2D eigenvalue weighted by molar-refractivity contribution is 5.87. The molecule has 19 heavy (non-hydrogen) atoms. The van der Waals surface area contributed by atoms with Crippen LogP contribution in [0.5, 0.6) is 0 Å². The van der Waals surface area contributed by atoms with Crippen LogP contribution in [0.25, 0.3) is 22.2 Å². The summed E-state index contributed by atoms with van der Waals surface area (Å²) < 4.78 is 10.1. The van der Waals surface area contributed by atoms with E-state index in [1.54, 1.807) is 18.3 Å². The number of pyridine rings is 1. The van der Waals surface area contributed by atoms with Crippen LogP contribution in [0.3, 0.4) is 0 Å². The molecule has 3 aromatic rings. The highest BCUT2D eigenvalue weighted by Gasteiger charge is 2.12. The summed E-state index contributed by atoms with van der Waals surface area (Å²) in [5.41, 5.74) is 1.75. The van der Waals surface area contributed by atoms with Crippen molar-refractivity contribution < 1.29 is 13.9 Å². The third-order valence-electron chi connectivity index (χ3n) is 2.87. The van der Waals surface area contributed by atoms with Crippen LogP contribution in [-0.2, 0) is 4.74 Å². The molecule has 0 aliphatic rings. The van der Waals surface area contributed by atoms with Crippen LogP contribution >= 0.6 is 0 Å². The second-order valence-corrected chi connectivity index (χ2v) is 4.07. The highest BCUT2D eigenvalue weighted by atomic mass is 16.5. The molecule has 94 valence electrons. The van der Waals surface area contributed by atoms with Crippen molar-refractivity contribution >= 4 is 16.9 Å². The van der Waals surface area contributed by atoms with Crippen molar-refractivity contribution in [3.63, 3.8) is 0 Å². The summed E-state index contributed by atoms with van der Waals surface area (Å²) in [6, 6.07) is 13.1. The van der Waals surface area contributed by atoms with Crippen molar-refractivity contribution in [1.82, 2.24) is 4.98 Å². The first-order valence-corrected chi connectivity index (χ1v) is 5.81. The van der Waals surface area contributed by atoms with Crippen LogP contribution < -0.4 is 0 Å². The first-order valence-electron chi connectivity index (χ1n) is 5.81. The number of benzene rings is 1. The average Bonchev–Trinajstić information content (AvgIpc) is 2.95. The van der Waals surface area contributed by atoms with Crippen LogP contribution in [0.15, 0.2) is 53.1 Å². The molecule has 0 N–H and O–H groups in total. The molecule has 0 saturated heterocycles. The summed E-state index contributed by atoms with van der Waals surface area (Å²) in [4.78, 5) is 15.7. The Morgan fingerprint density at radius 1 is 1.21 bits per heavy atom. The number of carbonyl (C=O) groups is 1. The molecule has 4 heteroatoms. The number of aromatic nitrogens is 1. The third-order valence-corrected chi connectivity index (χ3v) is 2.87. The fraction of sp³-hybridized carbons (Fsp3) is 0.0667. The monoisotopic (exact) mass is 253 g/mol. The summed E-state index contributed by atoms with van der Waals surface area (Å²) in [5.74, 6) is 0.296. The van der Waals surface area contributed by atoms with Crippen LogP contribution in [0.1, 0.15) is 10.6 Å². The van der Waals surface area contributed by atoms with Crippen LogP contribution in [0.2, 0.25) is 0 Å². The van der Waals surface area contributed by atoms with E-state index in [2.05, 4.69) is 9.72 Å². The first-order chi connectivity index (χ1) is 9.28. The van der Waals surface area contributed by atoms with Gasteiger partial charge in [0, 0.05) is 17.1 Å². The minimum atomic E-state index is -0.486. The van der Waals surface area contributed by atoms with E-state index in [9.17, 15) is 4.79 Å². The summed E-state index contributed by atoms with van der Waals surface area (Å²) in [6.45, 7) is 0. The molecule has 3 rings (SSSR count). The van der Waals surface area contributed by atoms with Crippen molar-refractivity contribution in [2.75, 3.05) is 7.11 Å². The molecule has 0 saturated carbocycles. The van der Waals surface area contributed by atoms with Gasteiger partial charge in [0.2, 0.25) is 5.76 Å². The fourth-order valence-corrected chi connectivity index (χ4v) is 1.91. The van der Waals surface area contributed by atoms with Crippen molar-refractivity contribution in [2.24, 2.45) is 0 Å². The Morgan fingerprint density at radius 3 is 2.89 bits per heavy atom. The van der Waals surface area contributed by atoms with Gasteiger partial charge in [0.1, 0.15) is 5.76 Å². The van der Waals surface area contributed by atoms with E-state index < -0.39 is 5.97 Å². The van der Waals surface area contributed by atoms with Crippen LogP contribution in [0, 0.1) is 0 Å². The number of fused-ring (bicyclic) bond motifs is 1. The number of carbonyl (C=O) groups excluding carboxylic acids is 1. The molecule has 0 radical (unpaired) electrons. The average molecular weight is 253 g/mol. The lowest BCUT2D eigenvalue weighted by atomic mass is 10.1. The Balaban J connectivity index is 2.04. The minimum Gasteiger partial charge on any atom is -0.463 e. The second kappa shape index (κ2) is 4.57. The fourth-order valence-electron chi connectivity index (χ4n) is 1.91. The van der Waals surface area contributed by atoms with Crippen LogP contribution in [0.4, 0.5) is 0 Å². The van der Waals surface area contributed by atoms with E-state index >= 15 is 0 Å². The maximum atomic E-state index is 11.3. The van der Waals surface area contributed by atoms with Crippen molar-refractivity contribution in [3.8, 4) is 11.3 Å². The minimum absolute atomic E-state index is 0.186. The lowest BCUT2D eigenvalue weighted by molar-refractivity contribution is 0.0566. The van der Waals surface area contributed by atoms with Gasteiger partial charge in [0.25, 0.3) is 0 Å². The topological polar surface area (TPSA) is 52.3 Å². The van der Waals surface area contributed by atoms with E-state index in [0.717, 1.165) is 16.5 Å². The van der Waals surface area contributed by atoms with Gasteiger partial charge in [-0.05, 0) is 24.3 Å². The lowest BCUT2D eigenvalue weighted by Gasteiger charge is -2.00. The van der Waals surface area contributed by atoms with Crippen molar-refractivity contribution in [3.05, 3.63) is 54.4 Å². The number of methoxy groups -OCH3 is 1.